The van der Waals surface area contributed by atoms with Gasteiger partial charge in [-0.15, -0.1) is 0 Å². The fraction of sp³-hybridized carbons (Fsp3) is 0.222. The Kier molecular flexibility index (Phi) is 2.95. The SMILES string of the molecule is O=C(CC1NC(=O)NC1=O)Nc1ncccn1. The van der Waals surface area contributed by atoms with Crippen molar-refractivity contribution in [1.29, 1.82) is 0 Å². The molecule has 8 nitrogen and oxygen atoms in total. The highest BCUT2D eigenvalue weighted by atomic mass is 16.2. The van der Waals surface area contributed by atoms with Crippen LogP contribution in [0.25, 0.3) is 0 Å². The van der Waals surface area contributed by atoms with Crippen molar-refractivity contribution < 1.29 is 14.4 Å². The second-order valence-electron chi connectivity index (χ2n) is 3.34. The number of imide groups is 1. The zero-order valence-electron chi connectivity index (χ0n) is 8.64. The van der Waals surface area contributed by atoms with Crippen LogP contribution in [-0.2, 0) is 9.59 Å². The average molecular weight is 235 g/mol. The van der Waals surface area contributed by atoms with Crippen LogP contribution >= 0.6 is 0 Å². The molecular formula is C9H9N5O3. The van der Waals surface area contributed by atoms with Crippen molar-refractivity contribution in [3.63, 3.8) is 0 Å². The molecule has 0 aliphatic carbocycles. The molecule has 1 aliphatic rings. The van der Waals surface area contributed by atoms with Crippen LogP contribution in [0.3, 0.4) is 0 Å². The molecular weight excluding hydrogens is 226 g/mol. The van der Waals surface area contributed by atoms with Gasteiger partial charge in [-0.1, -0.05) is 0 Å². The fourth-order valence-corrected chi connectivity index (χ4v) is 1.33. The quantitative estimate of drug-likeness (QED) is 0.582. The Hall–Kier alpha value is -2.51. The predicted octanol–water partition coefficient (Wildman–Crippen LogP) is -0.987. The van der Waals surface area contributed by atoms with Gasteiger partial charge in [0.25, 0.3) is 5.91 Å². The van der Waals surface area contributed by atoms with Crippen LogP contribution in [0.4, 0.5) is 10.7 Å². The van der Waals surface area contributed by atoms with Crippen LogP contribution in [0.2, 0.25) is 0 Å². The molecule has 17 heavy (non-hydrogen) atoms. The van der Waals surface area contributed by atoms with Crippen LogP contribution in [0, 0.1) is 0 Å². The normalized spacial score (nSPS) is 18.5. The van der Waals surface area contributed by atoms with Crippen molar-refractivity contribution in [2.45, 2.75) is 12.5 Å². The van der Waals surface area contributed by atoms with Gasteiger partial charge in [-0.3, -0.25) is 20.2 Å². The molecule has 0 spiro atoms. The minimum Gasteiger partial charge on any atom is -0.325 e. The van der Waals surface area contributed by atoms with Crippen molar-refractivity contribution in [3.8, 4) is 0 Å². The molecule has 1 aromatic rings. The van der Waals surface area contributed by atoms with Crippen LogP contribution < -0.4 is 16.0 Å². The number of hydrogen-bond acceptors (Lipinski definition) is 5. The first-order valence-corrected chi connectivity index (χ1v) is 4.83. The van der Waals surface area contributed by atoms with E-state index in [9.17, 15) is 14.4 Å². The highest BCUT2D eigenvalue weighted by molar-refractivity contribution is 6.06. The van der Waals surface area contributed by atoms with E-state index in [2.05, 4.69) is 20.6 Å². The van der Waals surface area contributed by atoms with Gasteiger partial charge in [0.2, 0.25) is 11.9 Å². The Morgan fingerprint density at radius 2 is 2.06 bits per heavy atom. The molecule has 1 atom stereocenters. The lowest BCUT2D eigenvalue weighted by atomic mass is 10.2. The summed E-state index contributed by atoms with van der Waals surface area (Å²) in [5.74, 6) is -0.806. The fourth-order valence-electron chi connectivity index (χ4n) is 1.33. The third-order valence-electron chi connectivity index (χ3n) is 2.07. The summed E-state index contributed by atoms with van der Waals surface area (Å²) in [7, 11) is 0. The Balaban J connectivity index is 1.90. The zero-order valence-corrected chi connectivity index (χ0v) is 8.64. The van der Waals surface area contributed by atoms with Crippen molar-refractivity contribution in [3.05, 3.63) is 18.5 Å². The van der Waals surface area contributed by atoms with E-state index in [-0.39, 0.29) is 12.4 Å². The molecule has 2 rings (SSSR count). The molecule has 8 heteroatoms. The number of nitrogens with zero attached hydrogens (tertiary/aromatic N) is 2. The van der Waals surface area contributed by atoms with Gasteiger partial charge in [0.15, 0.2) is 0 Å². The molecule has 0 bridgehead atoms. The van der Waals surface area contributed by atoms with Gasteiger partial charge in [-0.2, -0.15) is 0 Å². The third kappa shape index (κ3) is 2.74. The largest absolute Gasteiger partial charge is 0.325 e. The van der Waals surface area contributed by atoms with E-state index in [4.69, 9.17) is 0 Å². The molecule has 0 saturated carbocycles. The summed E-state index contributed by atoms with van der Waals surface area (Å²) in [5.41, 5.74) is 0. The number of rotatable bonds is 3. The Bertz CT molecular complexity index is 461. The summed E-state index contributed by atoms with van der Waals surface area (Å²) in [6.45, 7) is 0. The molecule has 88 valence electrons. The summed E-state index contributed by atoms with van der Waals surface area (Å²) in [6.07, 6.45) is 2.80. The van der Waals surface area contributed by atoms with E-state index in [1.165, 1.54) is 12.4 Å². The number of aromatic nitrogens is 2. The number of amides is 4. The lowest BCUT2D eigenvalue weighted by Crippen LogP contribution is -2.33. The van der Waals surface area contributed by atoms with Gasteiger partial charge in [-0.25, -0.2) is 14.8 Å². The Morgan fingerprint density at radius 3 is 2.65 bits per heavy atom. The minimum absolute atomic E-state index is 0.155. The molecule has 4 amide bonds. The highest BCUT2D eigenvalue weighted by Crippen LogP contribution is 2.02. The standard InChI is InChI=1S/C9H9N5O3/c15-6(13-8-10-2-1-3-11-8)4-5-7(16)14-9(17)12-5/h1-3,5H,4H2,(H,10,11,13,15)(H2,12,14,16,17). The smallest absolute Gasteiger partial charge is 0.322 e. The van der Waals surface area contributed by atoms with Gasteiger partial charge in [0.1, 0.15) is 6.04 Å². The lowest BCUT2D eigenvalue weighted by Gasteiger charge is -2.06. The average Bonchev–Trinajstić information content (AvgIpc) is 2.58. The van der Waals surface area contributed by atoms with Crippen molar-refractivity contribution in [2.24, 2.45) is 0 Å². The Labute approximate surface area is 95.8 Å². The van der Waals surface area contributed by atoms with E-state index in [0.717, 1.165) is 0 Å². The molecule has 2 heterocycles. The van der Waals surface area contributed by atoms with E-state index < -0.39 is 23.9 Å². The molecule has 1 aromatic heterocycles. The van der Waals surface area contributed by atoms with Crippen molar-refractivity contribution >= 4 is 23.8 Å². The molecule has 1 saturated heterocycles. The van der Waals surface area contributed by atoms with E-state index in [1.807, 2.05) is 5.32 Å². The summed E-state index contributed by atoms with van der Waals surface area (Å²) < 4.78 is 0. The van der Waals surface area contributed by atoms with Gasteiger partial charge < -0.3 is 5.32 Å². The highest BCUT2D eigenvalue weighted by Gasteiger charge is 2.31. The maximum absolute atomic E-state index is 11.5. The molecule has 1 unspecified atom stereocenters. The summed E-state index contributed by atoms with van der Waals surface area (Å²) in [6, 6.07) is 0.176. The van der Waals surface area contributed by atoms with E-state index in [0.29, 0.717) is 0 Å². The second kappa shape index (κ2) is 4.56. The molecule has 0 radical (unpaired) electrons. The third-order valence-corrected chi connectivity index (χ3v) is 2.07. The summed E-state index contributed by atoms with van der Waals surface area (Å²) in [5, 5.41) is 6.77. The van der Waals surface area contributed by atoms with Crippen LogP contribution in [0.5, 0.6) is 0 Å². The van der Waals surface area contributed by atoms with Crippen LogP contribution in [0.1, 0.15) is 6.42 Å². The van der Waals surface area contributed by atoms with Crippen LogP contribution in [0.15, 0.2) is 18.5 Å². The molecule has 1 aliphatic heterocycles. The molecule has 3 N–H and O–H groups in total. The summed E-state index contributed by atoms with van der Waals surface area (Å²) >= 11 is 0. The first-order valence-electron chi connectivity index (χ1n) is 4.83. The number of anilines is 1. The minimum atomic E-state index is -0.841. The Morgan fingerprint density at radius 1 is 1.35 bits per heavy atom. The maximum Gasteiger partial charge on any atom is 0.322 e. The summed E-state index contributed by atoms with van der Waals surface area (Å²) in [4.78, 5) is 41.1. The number of urea groups is 1. The first kappa shape index (κ1) is 11.0. The van der Waals surface area contributed by atoms with Gasteiger partial charge >= 0.3 is 6.03 Å². The van der Waals surface area contributed by atoms with Crippen molar-refractivity contribution in [1.82, 2.24) is 20.6 Å². The number of nitrogens with one attached hydrogen (secondary N) is 3. The van der Waals surface area contributed by atoms with Crippen molar-refractivity contribution in [2.75, 3.05) is 5.32 Å². The predicted molar refractivity (Wildman–Crippen MR) is 55.7 cm³/mol. The van der Waals surface area contributed by atoms with Gasteiger partial charge in [-0.05, 0) is 6.07 Å². The number of carbonyl (C=O) groups excluding carboxylic acids is 3. The van der Waals surface area contributed by atoms with Crippen LogP contribution in [-0.4, -0.2) is 33.9 Å². The van der Waals surface area contributed by atoms with Gasteiger partial charge in [0, 0.05) is 12.4 Å². The second-order valence-corrected chi connectivity index (χ2v) is 3.34. The van der Waals surface area contributed by atoms with E-state index in [1.54, 1.807) is 6.07 Å². The van der Waals surface area contributed by atoms with E-state index >= 15 is 0 Å². The van der Waals surface area contributed by atoms with Gasteiger partial charge in [0.05, 0.1) is 6.42 Å². The first-order chi connectivity index (χ1) is 8.15. The zero-order chi connectivity index (χ0) is 12.3. The molecule has 0 aromatic carbocycles. The monoisotopic (exact) mass is 235 g/mol. The number of hydrogen-bond donors (Lipinski definition) is 3. The topological polar surface area (TPSA) is 113 Å². The molecule has 1 fully saturated rings. The number of carbonyl (C=O) groups is 3. The lowest BCUT2D eigenvalue weighted by molar-refractivity contribution is -0.124. The maximum atomic E-state index is 11.5.